The summed E-state index contributed by atoms with van der Waals surface area (Å²) in [7, 11) is 0. The Morgan fingerprint density at radius 1 is 0.949 bits per heavy atom. The van der Waals surface area contributed by atoms with Crippen molar-refractivity contribution in [2.75, 3.05) is 23.7 Å². The van der Waals surface area contributed by atoms with Gasteiger partial charge in [-0.15, -0.1) is 0 Å². The molecule has 0 saturated carbocycles. The average molecular weight is 532 g/mol. The van der Waals surface area contributed by atoms with Crippen LogP contribution in [0.25, 0.3) is 5.69 Å². The number of nitrogens with one attached hydrogen (secondary N) is 2. The van der Waals surface area contributed by atoms with Gasteiger partial charge in [0.1, 0.15) is 12.4 Å². The first-order chi connectivity index (χ1) is 18.3. The largest absolute Gasteiger partial charge is 0.322 e. The quantitative estimate of drug-likeness (QED) is 0.298. The van der Waals surface area contributed by atoms with Gasteiger partial charge in [0.05, 0.1) is 11.4 Å². The number of anilines is 2. The van der Waals surface area contributed by atoms with E-state index < -0.39 is 0 Å². The maximum Gasteiger partial charge on any atom is 0.322 e. The first-order valence-corrected chi connectivity index (χ1v) is 14.0. The van der Waals surface area contributed by atoms with Crippen LogP contribution in [-0.4, -0.2) is 39.7 Å². The predicted molar refractivity (Wildman–Crippen MR) is 161 cm³/mol. The highest BCUT2D eigenvalue weighted by Gasteiger charge is 2.24. The van der Waals surface area contributed by atoms with Gasteiger partial charge in [0.15, 0.2) is 0 Å². The van der Waals surface area contributed by atoms with Gasteiger partial charge < -0.3 is 15.5 Å². The summed E-state index contributed by atoms with van der Waals surface area (Å²) in [5, 5.41) is 11.0. The van der Waals surface area contributed by atoms with Gasteiger partial charge in [-0.25, -0.2) is 9.48 Å². The first-order valence-electron chi connectivity index (χ1n) is 14.0. The molecule has 1 heterocycles. The van der Waals surface area contributed by atoms with Crippen molar-refractivity contribution >= 4 is 23.4 Å². The van der Waals surface area contributed by atoms with Gasteiger partial charge in [0, 0.05) is 23.7 Å². The summed E-state index contributed by atoms with van der Waals surface area (Å²) in [4.78, 5) is 28.4. The monoisotopic (exact) mass is 531 g/mol. The molecule has 0 saturated heterocycles. The fourth-order valence-electron chi connectivity index (χ4n) is 4.55. The summed E-state index contributed by atoms with van der Waals surface area (Å²) < 4.78 is 1.77. The van der Waals surface area contributed by atoms with Crippen molar-refractivity contribution in [3.05, 3.63) is 70.9 Å². The van der Waals surface area contributed by atoms with Gasteiger partial charge in [-0.3, -0.25) is 4.79 Å². The molecule has 0 spiro atoms. The van der Waals surface area contributed by atoms with Crippen molar-refractivity contribution in [3.63, 3.8) is 0 Å². The lowest BCUT2D eigenvalue weighted by Gasteiger charge is -2.25. The zero-order chi connectivity index (χ0) is 28.9. The lowest BCUT2D eigenvalue weighted by Crippen LogP contribution is -2.41. The maximum absolute atomic E-state index is 13.5. The van der Waals surface area contributed by atoms with Gasteiger partial charge in [-0.05, 0) is 54.0 Å². The molecular weight excluding hydrogens is 486 g/mol. The molecule has 3 rings (SSSR count). The fourth-order valence-corrected chi connectivity index (χ4v) is 4.55. The van der Waals surface area contributed by atoms with Crippen LogP contribution in [0.3, 0.4) is 0 Å². The van der Waals surface area contributed by atoms with Crippen LogP contribution in [-0.2, 0) is 10.2 Å². The number of carbonyl (C=O) groups excluding carboxylic acids is 2. The van der Waals surface area contributed by atoms with Crippen molar-refractivity contribution in [1.29, 1.82) is 0 Å². The molecule has 2 N–H and O–H groups in total. The molecule has 0 unspecified atom stereocenters. The van der Waals surface area contributed by atoms with Crippen LogP contribution in [0.4, 0.5) is 16.3 Å². The Hall–Kier alpha value is -3.61. The van der Waals surface area contributed by atoms with Crippen LogP contribution in [0.1, 0.15) is 96.0 Å². The predicted octanol–water partition coefficient (Wildman–Crippen LogP) is 7.61. The smallest absolute Gasteiger partial charge is 0.315 e. The fraction of sp³-hybridized carbons (Fsp3) is 0.469. The van der Waals surface area contributed by atoms with E-state index in [2.05, 4.69) is 71.2 Å². The maximum atomic E-state index is 13.5. The Morgan fingerprint density at radius 3 is 2.10 bits per heavy atom. The Balaban J connectivity index is 1.86. The van der Waals surface area contributed by atoms with E-state index in [0.29, 0.717) is 12.4 Å². The number of carbonyl (C=O) groups is 2. The molecule has 0 aliphatic heterocycles. The number of aromatic nitrogens is 2. The van der Waals surface area contributed by atoms with E-state index in [9.17, 15) is 9.59 Å². The third-order valence-electron chi connectivity index (χ3n) is 6.71. The van der Waals surface area contributed by atoms with Crippen LogP contribution < -0.4 is 10.6 Å². The third-order valence-corrected chi connectivity index (χ3v) is 6.71. The van der Waals surface area contributed by atoms with E-state index in [1.807, 2.05) is 50.2 Å². The molecule has 0 aliphatic carbocycles. The number of para-hydroxylation sites is 1. The topological polar surface area (TPSA) is 79.3 Å². The van der Waals surface area contributed by atoms with Crippen LogP contribution in [0, 0.1) is 6.92 Å². The minimum atomic E-state index is -0.274. The number of rotatable bonds is 9. The van der Waals surface area contributed by atoms with Crippen molar-refractivity contribution < 1.29 is 9.59 Å². The molecule has 7 nitrogen and oxygen atoms in total. The highest BCUT2D eigenvalue weighted by atomic mass is 16.2. The van der Waals surface area contributed by atoms with Crippen molar-refractivity contribution in [3.8, 4) is 5.69 Å². The van der Waals surface area contributed by atoms with Crippen molar-refractivity contribution in [1.82, 2.24) is 14.7 Å². The molecule has 0 atom stereocenters. The minimum Gasteiger partial charge on any atom is -0.315 e. The zero-order valence-electron chi connectivity index (χ0n) is 25.1. The lowest BCUT2D eigenvalue weighted by molar-refractivity contribution is -0.116. The highest BCUT2D eigenvalue weighted by molar-refractivity contribution is 5.97. The summed E-state index contributed by atoms with van der Waals surface area (Å²) >= 11 is 0. The summed E-state index contributed by atoms with van der Waals surface area (Å²) in [6.07, 6.45) is 0.735. The number of hydrogen-bond donors (Lipinski definition) is 2. The summed E-state index contributed by atoms with van der Waals surface area (Å²) in [6, 6.07) is 15.8. The van der Waals surface area contributed by atoms with E-state index in [1.54, 1.807) is 9.58 Å². The molecule has 0 fully saturated rings. The molecule has 2 aromatic carbocycles. The number of nitrogens with zero attached hydrogens (tertiary/aromatic N) is 3. The van der Waals surface area contributed by atoms with E-state index in [-0.39, 0.29) is 35.7 Å². The SMILES string of the molecule is CCCN(CC(=O)Nc1cc(C(C)(C)C)nn1-c1cccc(C)c1)C(=O)Nc1c(C(C)C)cccc1C(C)C. The van der Waals surface area contributed by atoms with Crippen molar-refractivity contribution in [2.24, 2.45) is 0 Å². The minimum absolute atomic E-state index is 0.0651. The van der Waals surface area contributed by atoms with Gasteiger partial charge >= 0.3 is 6.03 Å². The molecule has 7 heteroatoms. The number of aryl methyl sites for hydroxylation is 1. The number of hydrogen-bond acceptors (Lipinski definition) is 3. The van der Waals surface area contributed by atoms with E-state index >= 15 is 0 Å². The van der Waals surface area contributed by atoms with E-state index in [4.69, 9.17) is 5.10 Å². The molecule has 0 aliphatic rings. The molecular formula is C32H45N5O2. The molecule has 0 radical (unpaired) electrons. The molecule has 3 aromatic rings. The summed E-state index contributed by atoms with van der Waals surface area (Å²) in [6.45, 7) is 19.2. The van der Waals surface area contributed by atoms with Crippen LogP contribution in [0.5, 0.6) is 0 Å². The highest BCUT2D eigenvalue weighted by Crippen LogP contribution is 2.32. The second-order valence-corrected chi connectivity index (χ2v) is 11.9. The summed E-state index contributed by atoms with van der Waals surface area (Å²) in [5.74, 6) is 0.815. The van der Waals surface area contributed by atoms with Gasteiger partial charge in [0.25, 0.3) is 0 Å². The second-order valence-electron chi connectivity index (χ2n) is 11.9. The van der Waals surface area contributed by atoms with Gasteiger partial charge in [-0.1, -0.05) is 85.7 Å². The second kappa shape index (κ2) is 12.5. The zero-order valence-corrected chi connectivity index (χ0v) is 25.1. The lowest BCUT2D eigenvalue weighted by atomic mass is 9.92. The van der Waals surface area contributed by atoms with Crippen LogP contribution in [0.15, 0.2) is 48.5 Å². The Labute approximate surface area is 234 Å². The number of amides is 3. The van der Waals surface area contributed by atoms with E-state index in [1.165, 1.54) is 0 Å². The number of benzene rings is 2. The standard InChI is InChI=1S/C32H45N5O2/c1-10-17-36(31(39)34-30-25(21(2)3)15-12-16-26(30)22(4)5)20-29(38)33-28-19-27(32(7,8)9)35-37(28)24-14-11-13-23(6)18-24/h11-16,18-19,21-22H,10,17,20H2,1-9H3,(H,33,38)(H,34,39). The molecule has 3 amide bonds. The Morgan fingerprint density at radius 2 is 1.56 bits per heavy atom. The average Bonchev–Trinajstić information content (AvgIpc) is 3.27. The van der Waals surface area contributed by atoms with Gasteiger partial charge in [-0.2, -0.15) is 5.10 Å². The van der Waals surface area contributed by atoms with Crippen LogP contribution >= 0.6 is 0 Å². The molecule has 210 valence electrons. The van der Waals surface area contributed by atoms with Crippen molar-refractivity contribution in [2.45, 2.75) is 86.0 Å². The molecule has 0 bridgehead atoms. The third kappa shape index (κ3) is 7.49. The summed E-state index contributed by atoms with van der Waals surface area (Å²) in [5.41, 5.74) is 5.68. The first kappa shape index (κ1) is 29.9. The Kier molecular flexibility index (Phi) is 9.59. The normalized spacial score (nSPS) is 11.7. The van der Waals surface area contributed by atoms with E-state index in [0.717, 1.165) is 40.2 Å². The number of urea groups is 1. The molecule has 39 heavy (non-hydrogen) atoms. The molecule has 1 aromatic heterocycles. The van der Waals surface area contributed by atoms with Crippen LogP contribution in [0.2, 0.25) is 0 Å². The van der Waals surface area contributed by atoms with Gasteiger partial charge in [0.2, 0.25) is 5.91 Å². The Bertz CT molecular complexity index is 1270.